The Hall–Kier alpha value is -1.68. The molecule has 1 atom stereocenters. The number of hydrogen-bond acceptors (Lipinski definition) is 3. The molecule has 0 radical (unpaired) electrons. The summed E-state index contributed by atoms with van der Waals surface area (Å²) in [5.74, 6) is 0. The van der Waals surface area contributed by atoms with E-state index in [1.165, 1.54) is 11.1 Å². The van der Waals surface area contributed by atoms with E-state index in [2.05, 4.69) is 65.6 Å². The van der Waals surface area contributed by atoms with Gasteiger partial charge in [-0.2, -0.15) is 0 Å². The molecule has 0 spiro atoms. The van der Waals surface area contributed by atoms with E-state index in [1.807, 2.05) is 0 Å². The van der Waals surface area contributed by atoms with Crippen molar-refractivity contribution in [3.8, 4) is 0 Å². The van der Waals surface area contributed by atoms with E-state index in [4.69, 9.17) is 4.74 Å². The molecule has 1 aliphatic rings. The molecular formula is C23H31NO2. The molecule has 140 valence electrons. The van der Waals surface area contributed by atoms with Gasteiger partial charge in [0.15, 0.2) is 0 Å². The summed E-state index contributed by atoms with van der Waals surface area (Å²) >= 11 is 0. The van der Waals surface area contributed by atoms with Crippen molar-refractivity contribution in [2.24, 2.45) is 0 Å². The molecule has 0 heterocycles. The number of nitrogens with zero attached hydrogens (tertiary/aromatic N) is 1. The monoisotopic (exact) mass is 353 g/mol. The standard InChI is InChI=1S/C23H31NO2/c1-19(25)18-26-23-14-12-22(13-15-23)24(16-20-8-4-2-5-9-20)17-21-10-6-3-7-11-21/h2-11,19,22-23,25H,12-18H2,1H3. The van der Waals surface area contributed by atoms with Crippen LogP contribution in [0.25, 0.3) is 0 Å². The Morgan fingerprint density at radius 2 is 1.38 bits per heavy atom. The van der Waals surface area contributed by atoms with Crippen molar-refractivity contribution >= 4 is 0 Å². The van der Waals surface area contributed by atoms with Gasteiger partial charge in [0.05, 0.1) is 18.8 Å². The highest BCUT2D eigenvalue weighted by Crippen LogP contribution is 2.27. The van der Waals surface area contributed by atoms with Crippen LogP contribution in [0.1, 0.15) is 43.7 Å². The van der Waals surface area contributed by atoms with Crippen LogP contribution in [0.4, 0.5) is 0 Å². The highest BCUT2D eigenvalue weighted by molar-refractivity contribution is 5.17. The van der Waals surface area contributed by atoms with E-state index in [9.17, 15) is 5.11 Å². The molecule has 3 rings (SSSR count). The summed E-state index contributed by atoms with van der Waals surface area (Å²) in [6, 6.07) is 22.1. The lowest BCUT2D eigenvalue weighted by Gasteiger charge is -2.37. The van der Waals surface area contributed by atoms with Gasteiger partial charge in [-0.3, -0.25) is 4.90 Å². The molecule has 1 aliphatic carbocycles. The Morgan fingerprint density at radius 1 is 0.885 bits per heavy atom. The Kier molecular flexibility index (Phi) is 7.24. The fourth-order valence-corrected chi connectivity index (χ4v) is 3.80. The molecule has 1 N–H and O–H groups in total. The first-order valence-corrected chi connectivity index (χ1v) is 9.82. The maximum atomic E-state index is 9.42. The fraction of sp³-hybridized carbons (Fsp3) is 0.478. The van der Waals surface area contributed by atoms with Gasteiger partial charge >= 0.3 is 0 Å². The first-order valence-electron chi connectivity index (χ1n) is 9.82. The molecule has 0 bridgehead atoms. The second-order valence-corrected chi connectivity index (χ2v) is 7.49. The van der Waals surface area contributed by atoms with E-state index in [-0.39, 0.29) is 6.10 Å². The molecule has 2 aromatic rings. The average Bonchev–Trinajstić information content (AvgIpc) is 2.68. The van der Waals surface area contributed by atoms with Crippen LogP contribution in [0.2, 0.25) is 0 Å². The van der Waals surface area contributed by atoms with Crippen LogP contribution in [0, 0.1) is 0 Å². The van der Waals surface area contributed by atoms with Crippen molar-refractivity contribution in [3.05, 3.63) is 71.8 Å². The maximum Gasteiger partial charge on any atom is 0.0745 e. The maximum absolute atomic E-state index is 9.42. The Labute approximate surface area is 157 Å². The Bertz CT molecular complexity index is 580. The largest absolute Gasteiger partial charge is 0.391 e. The third kappa shape index (κ3) is 5.94. The van der Waals surface area contributed by atoms with Crippen molar-refractivity contribution in [2.75, 3.05) is 6.61 Å². The number of rotatable bonds is 8. The van der Waals surface area contributed by atoms with Gasteiger partial charge in [0.2, 0.25) is 0 Å². The van der Waals surface area contributed by atoms with Gasteiger partial charge in [0.1, 0.15) is 0 Å². The van der Waals surface area contributed by atoms with Gasteiger partial charge in [-0.1, -0.05) is 60.7 Å². The molecule has 0 saturated heterocycles. The van der Waals surface area contributed by atoms with Crippen molar-refractivity contribution < 1.29 is 9.84 Å². The van der Waals surface area contributed by atoms with Crippen LogP contribution in [0.15, 0.2) is 60.7 Å². The lowest BCUT2D eigenvalue weighted by Crippen LogP contribution is -2.39. The number of aliphatic hydroxyl groups is 1. The molecule has 1 saturated carbocycles. The third-order valence-corrected chi connectivity index (χ3v) is 5.19. The minimum atomic E-state index is -0.375. The second kappa shape index (κ2) is 9.86. The van der Waals surface area contributed by atoms with Crippen molar-refractivity contribution in [1.29, 1.82) is 0 Å². The summed E-state index contributed by atoms with van der Waals surface area (Å²) in [7, 11) is 0. The predicted octanol–water partition coefficient (Wildman–Crippen LogP) is 4.40. The van der Waals surface area contributed by atoms with Gasteiger partial charge in [0.25, 0.3) is 0 Å². The molecular weight excluding hydrogens is 322 g/mol. The first kappa shape index (κ1) is 19.1. The van der Waals surface area contributed by atoms with Crippen LogP contribution in [0.3, 0.4) is 0 Å². The number of hydrogen-bond donors (Lipinski definition) is 1. The van der Waals surface area contributed by atoms with Crippen LogP contribution < -0.4 is 0 Å². The minimum Gasteiger partial charge on any atom is -0.391 e. The van der Waals surface area contributed by atoms with Gasteiger partial charge < -0.3 is 9.84 Å². The molecule has 0 aliphatic heterocycles. The van der Waals surface area contributed by atoms with E-state index in [1.54, 1.807) is 6.92 Å². The Morgan fingerprint density at radius 3 is 1.85 bits per heavy atom. The first-order chi connectivity index (χ1) is 12.7. The van der Waals surface area contributed by atoms with Crippen LogP contribution in [-0.2, 0) is 17.8 Å². The Balaban J connectivity index is 1.62. The number of benzene rings is 2. The zero-order valence-electron chi connectivity index (χ0n) is 15.8. The van der Waals surface area contributed by atoms with Gasteiger partial charge in [0, 0.05) is 19.1 Å². The summed E-state index contributed by atoms with van der Waals surface area (Å²) in [6.45, 7) is 4.21. The van der Waals surface area contributed by atoms with E-state index in [0.29, 0.717) is 18.8 Å². The predicted molar refractivity (Wildman–Crippen MR) is 106 cm³/mol. The van der Waals surface area contributed by atoms with E-state index in [0.717, 1.165) is 38.8 Å². The van der Waals surface area contributed by atoms with Gasteiger partial charge in [-0.25, -0.2) is 0 Å². The highest BCUT2D eigenvalue weighted by Gasteiger charge is 2.26. The normalized spacial score (nSPS) is 21.7. The topological polar surface area (TPSA) is 32.7 Å². The fourth-order valence-electron chi connectivity index (χ4n) is 3.80. The lowest BCUT2D eigenvalue weighted by molar-refractivity contribution is -0.0308. The summed E-state index contributed by atoms with van der Waals surface area (Å²) < 4.78 is 5.84. The third-order valence-electron chi connectivity index (χ3n) is 5.19. The summed E-state index contributed by atoms with van der Waals surface area (Å²) in [5, 5.41) is 9.42. The van der Waals surface area contributed by atoms with Crippen LogP contribution >= 0.6 is 0 Å². The zero-order valence-corrected chi connectivity index (χ0v) is 15.8. The van der Waals surface area contributed by atoms with E-state index >= 15 is 0 Å². The SMILES string of the molecule is CC(O)COC1CCC(N(Cc2ccccc2)Cc2ccccc2)CC1. The summed E-state index contributed by atoms with van der Waals surface area (Å²) in [5.41, 5.74) is 2.74. The zero-order chi connectivity index (χ0) is 18.2. The smallest absolute Gasteiger partial charge is 0.0745 e. The summed E-state index contributed by atoms with van der Waals surface area (Å²) in [6.07, 6.45) is 4.40. The lowest BCUT2D eigenvalue weighted by atomic mass is 9.91. The second-order valence-electron chi connectivity index (χ2n) is 7.49. The van der Waals surface area contributed by atoms with Crippen molar-refractivity contribution in [1.82, 2.24) is 4.90 Å². The molecule has 3 nitrogen and oxygen atoms in total. The molecule has 0 aromatic heterocycles. The minimum absolute atomic E-state index is 0.302. The molecule has 1 fully saturated rings. The summed E-state index contributed by atoms with van der Waals surface area (Å²) in [4.78, 5) is 2.62. The molecule has 3 heteroatoms. The molecule has 2 aromatic carbocycles. The number of ether oxygens (including phenoxy) is 1. The quantitative estimate of drug-likeness (QED) is 0.764. The molecule has 1 unspecified atom stereocenters. The van der Waals surface area contributed by atoms with Gasteiger partial charge in [-0.05, 0) is 43.7 Å². The van der Waals surface area contributed by atoms with Crippen LogP contribution in [-0.4, -0.2) is 34.9 Å². The highest BCUT2D eigenvalue weighted by atomic mass is 16.5. The van der Waals surface area contributed by atoms with Crippen molar-refractivity contribution in [2.45, 2.75) is 63.9 Å². The molecule has 0 amide bonds. The van der Waals surface area contributed by atoms with Crippen molar-refractivity contribution in [3.63, 3.8) is 0 Å². The van der Waals surface area contributed by atoms with Crippen LogP contribution in [0.5, 0.6) is 0 Å². The number of aliphatic hydroxyl groups excluding tert-OH is 1. The molecule has 26 heavy (non-hydrogen) atoms. The average molecular weight is 354 g/mol. The van der Waals surface area contributed by atoms with E-state index < -0.39 is 0 Å². The van der Waals surface area contributed by atoms with Gasteiger partial charge in [-0.15, -0.1) is 0 Å².